The standard InChI is InChI=1S/C32H48O8/c1-20-8-10-24(28(3,4)26(20)25(38-21(2)33)18-23-13-17-36-27(23)34)11-9-22-12-14-32(37-19-22)30(7)15-16-31(35,40-32)29(5,6)39-30/h18,22,24-26,35H,1,8-17,19H2,2-7H3/b23-18-/t22-,24-,25-,26+,30-,31-,32-/m0/s1. The largest absolute Gasteiger partial charge is 0.462 e. The molecule has 0 radical (unpaired) electrons. The minimum atomic E-state index is -1.34. The molecule has 1 spiro atoms. The van der Waals surface area contributed by atoms with E-state index >= 15 is 0 Å². The molecule has 0 aromatic heterocycles. The van der Waals surface area contributed by atoms with Crippen LogP contribution in [0.5, 0.6) is 0 Å². The predicted octanol–water partition coefficient (Wildman–Crippen LogP) is 5.37. The molecule has 6 rings (SSSR count). The third kappa shape index (κ3) is 4.97. The van der Waals surface area contributed by atoms with E-state index in [-0.39, 0.29) is 23.3 Å². The van der Waals surface area contributed by atoms with Crippen molar-refractivity contribution in [2.24, 2.45) is 23.2 Å². The molecule has 0 aromatic rings. The third-order valence-electron chi connectivity index (χ3n) is 10.8. The Labute approximate surface area is 238 Å². The minimum Gasteiger partial charge on any atom is -0.462 e. The molecular weight excluding hydrogens is 512 g/mol. The fourth-order valence-corrected chi connectivity index (χ4v) is 8.22. The van der Waals surface area contributed by atoms with E-state index in [0.29, 0.717) is 56.3 Å². The zero-order chi connectivity index (χ0) is 29.1. The second kappa shape index (κ2) is 10.2. The van der Waals surface area contributed by atoms with Gasteiger partial charge in [-0.05, 0) is 82.6 Å². The van der Waals surface area contributed by atoms with Crippen molar-refractivity contribution < 1.29 is 38.4 Å². The molecule has 0 unspecified atom stereocenters. The van der Waals surface area contributed by atoms with E-state index in [0.717, 1.165) is 37.7 Å². The fraction of sp³-hybridized carbons (Fsp3) is 0.812. The Morgan fingerprint density at radius 1 is 1.10 bits per heavy atom. The van der Waals surface area contributed by atoms with Gasteiger partial charge in [-0.3, -0.25) is 4.79 Å². The molecule has 6 fully saturated rings. The number of hydrogen-bond acceptors (Lipinski definition) is 8. The zero-order valence-corrected chi connectivity index (χ0v) is 25.2. The van der Waals surface area contributed by atoms with Crippen LogP contribution in [0, 0.1) is 23.2 Å². The van der Waals surface area contributed by atoms with Crippen molar-refractivity contribution in [3.8, 4) is 0 Å². The van der Waals surface area contributed by atoms with E-state index < -0.39 is 28.9 Å². The molecule has 8 nitrogen and oxygen atoms in total. The summed E-state index contributed by atoms with van der Waals surface area (Å²) in [5.41, 5.74) is 0.0907. The maximum Gasteiger partial charge on any atom is 0.333 e. The van der Waals surface area contributed by atoms with E-state index in [1.54, 1.807) is 6.08 Å². The zero-order valence-electron chi connectivity index (χ0n) is 25.2. The summed E-state index contributed by atoms with van der Waals surface area (Å²) in [5, 5.41) is 11.2. The van der Waals surface area contributed by atoms with Crippen LogP contribution in [0.25, 0.3) is 0 Å². The fourth-order valence-electron chi connectivity index (χ4n) is 8.22. The molecule has 5 aliphatic heterocycles. The van der Waals surface area contributed by atoms with Gasteiger partial charge in [0.05, 0.1) is 13.2 Å². The van der Waals surface area contributed by atoms with Gasteiger partial charge >= 0.3 is 11.9 Å². The summed E-state index contributed by atoms with van der Waals surface area (Å²) in [7, 11) is 0. The number of carbonyl (C=O) groups excluding carboxylic acids is 2. The van der Waals surface area contributed by atoms with Gasteiger partial charge in [-0.2, -0.15) is 0 Å². The lowest BCUT2D eigenvalue weighted by Gasteiger charge is -2.66. The Balaban J connectivity index is 1.24. The Morgan fingerprint density at radius 3 is 2.45 bits per heavy atom. The summed E-state index contributed by atoms with van der Waals surface area (Å²) >= 11 is 0. The van der Waals surface area contributed by atoms with Crippen molar-refractivity contribution >= 4 is 11.9 Å². The molecule has 1 N–H and O–H groups in total. The van der Waals surface area contributed by atoms with E-state index in [4.69, 9.17) is 23.7 Å². The lowest BCUT2D eigenvalue weighted by molar-refractivity contribution is -0.522. The third-order valence-corrected chi connectivity index (χ3v) is 10.8. The lowest BCUT2D eigenvalue weighted by Crippen LogP contribution is -2.78. The normalized spacial score (nSPS) is 42.2. The SMILES string of the molecule is C=C1CC[C@@H](CC[C@H]2CC[C@]3(OC2)O[C@@]2(O)CC[C@]3(C)OC2(C)C)C(C)(C)[C@H]1[C@H](/C=C1/CCOC1=O)OC(C)=O. The molecule has 224 valence electrons. The number of ether oxygens (including phenoxy) is 5. The van der Waals surface area contributed by atoms with Crippen LogP contribution in [0.2, 0.25) is 0 Å². The predicted molar refractivity (Wildman–Crippen MR) is 148 cm³/mol. The quantitative estimate of drug-likeness (QED) is 0.263. The summed E-state index contributed by atoms with van der Waals surface area (Å²) in [5.74, 6) is -2.25. The summed E-state index contributed by atoms with van der Waals surface area (Å²) in [6, 6.07) is 0. The van der Waals surface area contributed by atoms with E-state index in [2.05, 4.69) is 27.4 Å². The summed E-state index contributed by atoms with van der Waals surface area (Å²) in [4.78, 5) is 24.3. The van der Waals surface area contributed by atoms with Gasteiger partial charge in [-0.15, -0.1) is 0 Å². The van der Waals surface area contributed by atoms with Crippen molar-refractivity contribution in [2.45, 2.75) is 128 Å². The van der Waals surface area contributed by atoms with Gasteiger partial charge < -0.3 is 28.8 Å². The molecule has 5 heterocycles. The second-order valence-electron chi connectivity index (χ2n) is 14.1. The molecule has 40 heavy (non-hydrogen) atoms. The van der Waals surface area contributed by atoms with E-state index in [1.807, 2.05) is 13.8 Å². The Bertz CT molecular complexity index is 1070. The van der Waals surface area contributed by atoms with Gasteiger partial charge in [0.25, 0.3) is 0 Å². The Morgan fingerprint density at radius 2 is 1.85 bits per heavy atom. The van der Waals surface area contributed by atoms with Crippen LogP contribution in [0.4, 0.5) is 0 Å². The number of carbonyl (C=O) groups is 2. The number of rotatable bonds is 6. The van der Waals surface area contributed by atoms with Crippen LogP contribution in [-0.4, -0.2) is 59.1 Å². The van der Waals surface area contributed by atoms with Crippen LogP contribution in [0.1, 0.15) is 99.3 Å². The van der Waals surface area contributed by atoms with E-state index in [9.17, 15) is 14.7 Å². The van der Waals surface area contributed by atoms with Gasteiger partial charge in [-0.1, -0.05) is 26.0 Å². The first-order chi connectivity index (χ1) is 18.6. The average molecular weight is 561 g/mol. The van der Waals surface area contributed by atoms with Crippen molar-refractivity contribution in [2.75, 3.05) is 13.2 Å². The average Bonchev–Trinajstić information content (AvgIpc) is 3.25. The van der Waals surface area contributed by atoms with Crippen molar-refractivity contribution in [3.05, 3.63) is 23.8 Å². The van der Waals surface area contributed by atoms with Crippen LogP contribution in [0.15, 0.2) is 23.8 Å². The number of aliphatic hydroxyl groups is 1. The van der Waals surface area contributed by atoms with Crippen molar-refractivity contribution in [1.29, 1.82) is 0 Å². The van der Waals surface area contributed by atoms with Crippen molar-refractivity contribution in [3.63, 3.8) is 0 Å². The number of cyclic esters (lactones) is 1. The molecule has 8 heteroatoms. The number of fused-ring (bicyclic) bond motifs is 2. The van der Waals surface area contributed by atoms with Crippen LogP contribution < -0.4 is 0 Å². The van der Waals surface area contributed by atoms with Crippen LogP contribution >= 0.6 is 0 Å². The van der Waals surface area contributed by atoms with Gasteiger partial charge in [0, 0.05) is 37.7 Å². The summed E-state index contributed by atoms with van der Waals surface area (Å²) < 4.78 is 30.2. The van der Waals surface area contributed by atoms with Gasteiger partial charge in [0.1, 0.15) is 17.3 Å². The second-order valence-corrected chi connectivity index (χ2v) is 14.1. The maximum absolute atomic E-state index is 12.2. The van der Waals surface area contributed by atoms with Crippen molar-refractivity contribution in [1.82, 2.24) is 0 Å². The summed E-state index contributed by atoms with van der Waals surface area (Å²) in [6.45, 7) is 17.1. The number of hydrogen-bond donors (Lipinski definition) is 1. The molecule has 1 saturated carbocycles. The monoisotopic (exact) mass is 560 g/mol. The molecule has 5 saturated heterocycles. The summed E-state index contributed by atoms with van der Waals surface area (Å²) in [6.07, 6.45) is 8.62. The Hall–Kier alpha value is -1.74. The van der Waals surface area contributed by atoms with E-state index in [1.165, 1.54) is 6.92 Å². The highest BCUT2D eigenvalue weighted by Crippen LogP contribution is 2.59. The van der Waals surface area contributed by atoms with Gasteiger partial charge in [0.15, 0.2) is 5.79 Å². The highest BCUT2D eigenvalue weighted by atomic mass is 16.8. The lowest BCUT2D eigenvalue weighted by atomic mass is 9.57. The highest BCUT2D eigenvalue weighted by molar-refractivity contribution is 5.90. The first-order valence-corrected chi connectivity index (χ1v) is 15.1. The van der Waals surface area contributed by atoms with Gasteiger partial charge in [-0.25, -0.2) is 4.79 Å². The van der Waals surface area contributed by atoms with Crippen LogP contribution in [0.3, 0.4) is 0 Å². The Kier molecular flexibility index (Phi) is 7.59. The van der Waals surface area contributed by atoms with Crippen LogP contribution in [-0.2, 0) is 33.3 Å². The topological polar surface area (TPSA) is 101 Å². The van der Waals surface area contributed by atoms with Gasteiger partial charge in [0.2, 0.25) is 5.79 Å². The minimum absolute atomic E-state index is 0.0886. The maximum atomic E-state index is 12.2. The molecule has 2 bridgehead atoms. The first-order valence-electron chi connectivity index (χ1n) is 15.1. The molecule has 0 aromatic carbocycles. The smallest absolute Gasteiger partial charge is 0.333 e. The molecule has 7 atom stereocenters. The molecule has 1 aliphatic carbocycles. The first kappa shape index (κ1) is 29.7. The molecule has 0 amide bonds. The highest BCUT2D eigenvalue weighted by Gasteiger charge is 2.71. The number of esters is 2. The molecular formula is C32H48O8. The molecule has 6 aliphatic rings.